The van der Waals surface area contributed by atoms with Gasteiger partial charge in [-0.1, -0.05) is 13.0 Å². The van der Waals surface area contributed by atoms with E-state index in [1.54, 1.807) is 10.6 Å². The molecule has 0 spiro atoms. The van der Waals surface area contributed by atoms with Gasteiger partial charge in [0.2, 0.25) is 15.3 Å². The van der Waals surface area contributed by atoms with Gasteiger partial charge in [0.05, 0.1) is 10.4 Å². The highest BCUT2D eigenvalue weighted by Gasteiger charge is 2.23. The molecule has 130 valence electrons. The van der Waals surface area contributed by atoms with Crippen LogP contribution in [0.1, 0.15) is 19.4 Å². The lowest BCUT2D eigenvalue weighted by molar-refractivity contribution is 0.592. The molecule has 2 aromatic carbocycles. The predicted molar refractivity (Wildman–Crippen MR) is 95.1 cm³/mol. The molecule has 0 amide bonds. The second-order valence-corrected chi connectivity index (χ2v) is 7.69. The van der Waals surface area contributed by atoms with Crippen molar-refractivity contribution >= 4 is 20.7 Å². The number of pyridine rings is 1. The first-order valence-corrected chi connectivity index (χ1v) is 9.53. The predicted octanol–water partition coefficient (Wildman–Crippen LogP) is 3.56. The van der Waals surface area contributed by atoms with Crippen molar-refractivity contribution in [1.29, 1.82) is 0 Å². The number of rotatable bonds is 4. The summed E-state index contributed by atoms with van der Waals surface area (Å²) in [6.45, 7) is 4.37. The summed E-state index contributed by atoms with van der Waals surface area (Å²) in [5.41, 5.74) is 1.13. The molecule has 0 bridgehead atoms. The molecule has 3 rings (SSSR count). The van der Waals surface area contributed by atoms with Crippen LogP contribution in [0.2, 0.25) is 0 Å². The van der Waals surface area contributed by atoms with Gasteiger partial charge in [-0.2, -0.15) is 0 Å². The number of aromatic nitrogens is 1. The Morgan fingerprint density at radius 3 is 2.32 bits per heavy atom. The molecule has 1 heterocycles. The fraction of sp³-hybridized carbons (Fsp3) is 0.211. The van der Waals surface area contributed by atoms with Gasteiger partial charge in [-0.05, 0) is 55.3 Å². The lowest BCUT2D eigenvalue weighted by Gasteiger charge is -2.13. The highest BCUT2D eigenvalue weighted by atomic mass is 32.2. The summed E-state index contributed by atoms with van der Waals surface area (Å²) in [7, 11) is -4.03. The Morgan fingerprint density at radius 2 is 1.72 bits per heavy atom. The van der Waals surface area contributed by atoms with Crippen LogP contribution in [0.4, 0.5) is 4.39 Å². The minimum atomic E-state index is -4.03. The summed E-state index contributed by atoms with van der Waals surface area (Å²) < 4.78 is 40.6. The molecule has 1 aromatic heterocycles. The van der Waals surface area contributed by atoms with E-state index in [-0.39, 0.29) is 9.79 Å². The lowest BCUT2D eigenvalue weighted by atomic mass is 10.1. The second-order valence-electron chi connectivity index (χ2n) is 5.77. The molecular formula is C19H18FNO3S. The first-order chi connectivity index (χ1) is 11.9. The maximum Gasteiger partial charge on any atom is 0.211 e. The van der Waals surface area contributed by atoms with Gasteiger partial charge in [0, 0.05) is 18.1 Å². The van der Waals surface area contributed by atoms with Crippen molar-refractivity contribution in [2.24, 2.45) is 0 Å². The number of hydrogen-bond donors (Lipinski definition) is 0. The molecule has 0 saturated heterocycles. The minimum Gasteiger partial charge on any atom is -0.346 e. The fourth-order valence-corrected chi connectivity index (χ4v) is 4.20. The number of sulfone groups is 1. The number of nitrogens with zero attached hydrogens (tertiary/aromatic N) is 1. The van der Waals surface area contributed by atoms with Crippen LogP contribution in [-0.2, 0) is 22.8 Å². The summed E-state index contributed by atoms with van der Waals surface area (Å²) in [6.07, 6.45) is 2.12. The van der Waals surface area contributed by atoms with E-state index in [9.17, 15) is 17.6 Å². The van der Waals surface area contributed by atoms with Gasteiger partial charge in [-0.3, -0.25) is 4.79 Å². The third-order valence-electron chi connectivity index (χ3n) is 4.27. The molecule has 0 aliphatic carbocycles. The highest BCUT2D eigenvalue weighted by Crippen LogP contribution is 2.22. The molecule has 0 saturated carbocycles. The first kappa shape index (κ1) is 17.4. The molecule has 4 nitrogen and oxygen atoms in total. The van der Waals surface area contributed by atoms with Crippen molar-refractivity contribution in [2.75, 3.05) is 0 Å². The van der Waals surface area contributed by atoms with Gasteiger partial charge in [0.25, 0.3) is 0 Å². The van der Waals surface area contributed by atoms with E-state index in [4.69, 9.17) is 0 Å². The summed E-state index contributed by atoms with van der Waals surface area (Å²) in [5, 5.41) is 0.379. The third-order valence-corrected chi connectivity index (χ3v) is 6.04. The smallest absolute Gasteiger partial charge is 0.211 e. The Morgan fingerprint density at radius 1 is 1.04 bits per heavy atom. The maximum atomic E-state index is 13.1. The zero-order chi connectivity index (χ0) is 18.2. The number of fused-ring (bicyclic) bond motifs is 1. The van der Waals surface area contributed by atoms with E-state index in [1.165, 1.54) is 18.3 Å². The maximum absolute atomic E-state index is 13.1. The summed E-state index contributed by atoms with van der Waals surface area (Å²) in [4.78, 5) is 12.5. The van der Waals surface area contributed by atoms with Gasteiger partial charge in [-0.25, -0.2) is 12.8 Å². The summed E-state index contributed by atoms with van der Waals surface area (Å²) >= 11 is 0. The van der Waals surface area contributed by atoms with Crippen molar-refractivity contribution in [2.45, 2.75) is 36.6 Å². The minimum absolute atomic E-state index is 0.0975. The number of hydrogen-bond acceptors (Lipinski definition) is 3. The van der Waals surface area contributed by atoms with Crippen LogP contribution in [0, 0.1) is 5.82 Å². The van der Waals surface area contributed by atoms with Crippen LogP contribution < -0.4 is 5.43 Å². The van der Waals surface area contributed by atoms with Crippen LogP contribution in [0.15, 0.2) is 63.2 Å². The zero-order valence-electron chi connectivity index (χ0n) is 14.0. The molecule has 0 aliphatic heterocycles. The van der Waals surface area contributed by atoms with Gasteiger partial charge in [-0.15, -0.1) is 0 Å². The lowest BCUT2D eigenvalue weighted by Crippen LogP contribution is -2.19. The quantitative estimate of drug-likeness (QED) is 0.670. The van der Waals surface area contributed by atoms with Crippen molar-refractivity contribution in [1.82, 2.24) is 4.57 Å². The van der Waals surface area contributed by atoms with Gasteiger partial charge in [0.15, 0.2) is 0 Å². The van der Waals surface area contributed by atoms with Crippen molar-refractivity contribution < 1.29 is 12.8 Å². The monoisotopic (exact) mass is 359 g/mol. The fourth-order valence-electron chi connectivity index (χ4n) is 2.83. The Kier molecular flexibility index (Phi) is 4.47. The summed E-state index contributed by atoms with van der Waals surface area (Å²) in [5.74, 6) is -0.531. The normalized spacial score (nSPS) is 11.8. The Hall–Kier alpha value is -2.47. The average Bonchev–Trinajstić information content (AvgIpc) is 2.62. The van der Waals surface area contributed by atoms with Crippen LogP contribution in [-0.4, -0.2) is 13.0 Å². The molecule has 0 atom stereocenters. The highest BCUT2D eigenvalue weighted by molar-refractivity contribution is 7.91. The number of aryl methyl sites for hydroxylation is 2. The molecule has 0 N–H and O–H groups in total. The van der Waals surface area contributed by atoms with Crippen LogP contribution in [0.25, 0.3) is 10.9 Å². The average molecular weight is 359 g/mol. The zero-order valence-corrected chi connectivity index (χ0v) is 14.8. The molecule has 6 heteroatoms. The van der Waals surface area contributed by atoms with Gasteiger partial charge < -0.3 is 4.57 Å². The topological polar surface area (TPSA) is 56.1 Å². The molecule has 0 unspecified atom stereocenters. The SMILES string of the molecule is CCc1ccc2c(c1)c(=O)c(S(=O)(=O)c1ccc(F)cc1)cn2CC. The molecule has 25 heavy (non-hydrogen) atoms. The van der Waals surface area contributed by atoms with E-state index >= 15 is 0 Å². The van der Waals surface area contributed by atoms with E-state index in [0.717, 1.165) is 24.1 Å². The van der Waals surface area contributed by atoms with Crippen molar-refractivity contribution in [3.05, 3.63) is 70.3 Å². The molecule has 3 aromatic rings. The Labute approximate surface area is 145 Å². The van der Waals surface area contributed by atoms with Crippen molar-refractivity contribution in [3.8, 4) is 0 Å². The van der Waals surface area contributed by atoms with E-state index in [2.05, 4.69) is 0 Å². The molecule has 0 fully saturated rings. The number of halogens is 1. The molecular weight excluding hydrogens is 341 g/mol. The Bertz CT molecular complexity index is 1100. The third kappa shape index (κ3) is 2.98. The summed E-state index contributed by atoms with van der Waals surface area (Å²) in [6, 6.07) is 10.0. The van der Waals surface area contributed by atoms with E-state index in [0.29, 0.717) is 17.4 Å². The first-order valence-electron chi connectivity index (χ1n) is 8.05. The largest absolute Gasteiger partial charge is 0.346 e. The van der Waals surface area contributed by atoms with E-state index < -0.39 is 21.1 Å². The van der Waals surface area contributed by atoms with Gasteiger partial charge >= 0.3 is 0 Å². The second kappa shape index (κ2) is 6.44. The van der Waals surface area contributed by atoms with E-state index in [1.807, 2.05) is 26.0 Å². The molecule has 0 radical (unpaired) electrons. The molecule has 0 aliphatic rings. The van der Waals surface area contributed by atoms with Crippen LogP contribution in [0.3, 0.4) is 0 Å². The van der Waals surface area contributed by atoms with Crippen LogP contribution >= 0.6 is 0 Å². The number of benzene rings is 2. The van der Waals surface area contributed by atoms with Crippen LogP contribution in [0.5, 0.6) is 0 Å². The van der Waals surface area contributed by atoms with Gasteiger partial charge in [0.1, 0.15) is 10.7 Å². The Balaban J connectivity index is 2.34. The standard InChI is InChI=1S/C19H18FNO3S/c1-3-13-5-10-17-16(11-13)19(22)18(12-21(17)4-2)25(23,24)15-8-6-14(20)7-9-15/h5-12H,3-4H2,1-2H3. The van der Waals surface area contributed by atoms with Crippen molar-refractivity contribution in [3.63, 3.8) is 0 Å².